The lowest BCUT2D eigenvalue weighted by molar-refractivity contribution is 0.266. The van der Waals surface area contributed by atoms with Crippen molar-refractivity contribution in [1.29, 1.82) is 0 Å². The number of benzene rings is 1. The van der Waals surface area contributed by atoms with Gasteiger partial charge in [-0.3, -0.25) is 0 Å². The Kier molecular flexibility index (Phi) is 5.69. The minimum atomic E-state index is 0.381. The summed E-state index contributed by atoms with van der Waals surface area (Å²) in [6.45, 7) is 10.00. The standard InChI is InChI=1S/C17H28BrN3/c1-6-19-13(3)15-8-7-14(18)9-16(15)21-10-12(2)17(11-21)20(4)5/h7-9,12-13,17,19H,6,10-11H2,1-5H3. The molecule has 1 aromatic rings. The van der Waals surface area contributed by atoms with E-state index in [0.29, 0.717) is 18.0 Å². The quantitative estimate of drug-likeness (QED) is 0.873. The van der Waals surface area contributed by atoms with E-state index in [1.165, 1.54) is 11.3 Å². The molecule has 2 rings (SSSR count). The Labute approximate surface area is 137 Å². The number of nitrogens with zero attached hydrogens (tertiary/aromatic N) is 2. The van der Waals surface area contributed by atoms with Crippen molar-refractivity contribution >= 4 is 21.6 Å². The highest BCUT2D eigenvalue weighted by molar-refractivity contribution is 9.10. The molecule has 0 spiro atoms. The van der Waals surface area contributed by atoms with E-state index >= 15 is 0 Å². The van der Waals surface area contributed by atoms with E-state index in [-0.39, 0.29) is 0 Å². The average Bonchev–Trinajstić information content (AvgIpc) is 2.81. The molecule has 1 heterocycles. The lowest BCUT2D eigenvalue weighted by atomic mass is 10.1. The molecule has 4 heteroatoms. The molecule has 1 aliphatic heterocycles. The second-order valence-electron chi connectivity index (χ2n) is 6.40. The molecule has 0 aliphatic carbocycles. The number of rotatable bonds is 5. The van der Waals surface area contributed by atoms with Gasteiger partial charge in [0.05, 0.1) is 0 Å². The predicted molar refractivity (Wildman–Crippen MR) is 95.1 cm³/mol. The van der Waals surface area contributed by atoms with E-state index in [4.69, 9.17) is 0 Å². The summed E-state index contributed by atoms with van der Waals surface area (Å²) in [7, 11) is 4.38. The van der Waals surface area contributed by atoms with Crippen LogP contribution in [-0.2, 0) is 0 Å². The first-order valence-corrected chi connectivity index (χ1v) is 8.67. The summed E-state index contributed by atoms with van der Waals surface area (Å²) in [6.07, 6.45) is 0. The van der Waals surface area contributed by atoms with Crippen LogP contribution in [0.4, 0.5) is 5.69 Å². The zero-order chi connectivity index (χ0) is 15.6. The topological polar surface area (TPSA) is 18.5 Å². The van der Waals surface area contributed by atoms with Crippen LogP contribution in [-0.4, -0.2) is 44.7 Å². The first-order valence-electron chi connectivity index (χ1n) is 7.88. The van der Waals surface area contributed by atoms with E-state index in [2.05, 4.69) is 84.1 Å². The predicted octanol–water partition coefficient (Wildman–Crippen LogP) is 3.51. The van der Waals surface area contributed by atoms with Crippen LogP contribution >= 0.6 is 15.9 Å². The van der Waals surface area contributed by atoms with Crippen molar-refractivity contribution in [2.75, 3.05) is 38.6 Å². The second kappa shape index (κ2) is 7.12. The number of likely N-dealkylation sites (N-methyl/N-ethyl adjacent to an activating group) is 1. The monoisotopic (exact) mass is 353 g/mol. The molecule has 1 N–H and O–H groups in total. The molecule has 3 atom stereocenters. The van der Waals surface area contributed by atoms with Crippen LogP contribution in [0, 0.1) is 5.92 Å². The molecule has 0 amide bonds. The molecule has 0 aromatic heterocycles. The van der Waals surface area contributed by atoms with Crippen molar-refractivity contribution in [2.45, 2.75) is 32.9 Å². The van der Waals surface area contributed by atoms with Gasteiger partial charge in [-0.1, -0.05) is 35.8 Å². The Morgan fingerprint density at radius 3 is 2.67 bits per heavy atom. The van der Waals surface area contributed by atoms with Gasteiger partial charge in [-0.15, -0.1) is 0 Å². The molecule has 3 unspecified atom stereocenters. The third-order valence-corrected chi connectivity index (χ3v) is 5.04. The minimum Gasteiger partial charge on any atom is -0.369 e. The maximum Gasteiger partial charge on any atom is 0.0426 e. The third-order valence-electron chi connectivity index (χ3n) is 4.55. The van der Waals surface area contributed by atoms with Crippen LogP contribution in [0.25, 0.3) is 0 Å². The first-order chi connectivity index (χ1) is 9.93. The molecular weight excluding hydrogens is 326 g/mol. The number of anilines is 1. The molecular formula is C17H28BrN3. The largest absolute Gasteiger partial charge is 0.369 e. The normalized spacial score (nSPS) is 23.9. The van der Waals surface area contributed by atoms with Gasteiger partial charge in [0.15, 0.2) is 0 Å². The summed E-state index contributed by atoms with van der Waals surface area (Å²) in [5.41, 5.74) is 2.76. The second-order valence-corrected chi connectivity index (χ2v) is 7.31. The van der Waals surface area contributed by atoms with Crippen molar-refractivity contribution in [3.8, 4) is 0 Å². The lowest BCUT2D eigenvalue weighted by Crippen LogP contribution is -2.34. The van der Waals surface area contributed by atoms with Crippen molar-refractivity contribution in [2.24, 2.45) is 5.92 Å². The van der Waals surface area contributed by atoms with Gasteiger partial charge in [-0.2, -0.15) is 0 Å². The van der Waals surface area contributed by atoms with E-state index in [1.54, 1.807) is 0 Å². The van der Waals surface area contributed by atoms with Crippen molar-refractivity contribution in [3.05, 3.63) is 28.2 Å². The summed E-state index contributed by atoms with van der Waals surface area (Å²) < 4.78 is 1.16. The van der Waals surface area contributed by atoms with Crippen molar-refractivity contribution in [1.82, 2.24) is 10.2 Å². The smallest absolute Gasteiger partial charge is 0.0426 e. The van der Waals surface area contributed by atoms with Gasteiger partial charge in [0, 0.05) is 35.3 Å². The minimum absolute atomic E-state index is 0.381. The molecule has 21 heavy (non-hydrogen) atoms. The zero-order valence-corrected chi connectivity index (χ0v) is 15.4. The Bertz CT molecular complexity index is 475. The molecule has 118 valence electrons. The number of hydrogen-bond donors (Lipinski definition) is 1. The fourth-order valence-electron chi connectivity index (χ4n) is 3.39. The van der Waals surface area contributed by atoms with Gasteiger partial charge in [0.25, 0.3) is 0 Å². The molecule has 0 bridgehead atoms. The third kappa shape index (κ3) is 3.79. The SMILES string of the molecule is CCNC(C)c1ccc(Br)cc1N1CC(C)C(N(C)C)C1. The fourth-order valence-corrected chi connectivity index (χ4v) is 3.74. The Morgan fingerprint density at radius 2 is 2.10 bits per heavy atom. The van der Waals surface area contributed by atoms with Gasteiger partial charge < -0.3 is 15.1 Å². The molecule has 1 aliphatic rings. The molecule has 0 radical (unpaired) electrons. The summed E-state index contributed by atoms with van der Waals surface area (Å²) in [5.74, 6) is 0.696. The van der Waals surface area contributed by atoms with Gasteiger partial charge in [-0.25, -0.2) is 0 Å². The number of nitrogens with one attached hydrogen (secondary N) is 1. The molecule has 0 saturated carbocycles. The van der Waals surface area contributed by atoms with Crippen LogP contribution in [0.2, 0.25) is 0 Å². The van der Waals surface area contributed by atoms with Crippen LogP contribution < -0.4 is 10.2 Å². The van der Waals surface area contributed by atoms with Gasteiger partial charge >= 0.3 is 0 Å². The molecule has 3 nitrogen and oxygen atoms in total. The van der Waals surface area contributed by atoms with Crippen molar-refractivity contribution < 1.29 is 0 Å². The zero-order valence-electron chi connectivity index (χ0n) is 13.9. The highest BCUT2D eigenvalue weighted by Gasteiger charge is 2.32. The van der Waals surface area contributed by atoms with Crippen molar-refractivity contribution in [3.63, 3.8) is 0 Å². The Hall–Kier alpha value is -0.580. The molecule has 1 fully saturated rings. The molecule has 1 aromatic carbocycles. The van der Waals surface area contributed by atoms with E-state index < -0.39 is 0 Å². The van der Waals surface area contributed by atoms with E-state index in [1.807, 2.05) is 0 Å². The van der Waals surface area contributed by atoms with Crippen LogP contribution in [0.3, 0.4) is 0 Å². The highest BCUT2D eigenvalue weighted by atomic mass is 79.9. The van der Waals surface area contributed by atoms with Crippen LogP contribution in [0.1, 0.15) is 32.4 Å². The fraction of sp³-hybridized carbons (Fsp3) is 0.647. The summed E-state index contributed by atoms with van der Waals surface area (Å²) >= 11 is 3.63. The van der Waals surface area contributed by atoms with Gasteiger partial charge in [-0.05, 0) is 51.2 Å². The highest BCUT2D eigenvalue weighted by Crippen LogP contribution is 2.34. The van der Waals surface area contributed by atoms with E-state index in [0.717, 1.165) is 24.1 Å². The average molecular weight is 354 g/mol. The van der Waals surface area contributed by atoms with Gasteiger partial charge in [0.1, 0.15) is 0 Å². The summed E-state index contributed by atoms with van der Waals surface area (Å²) in [4.78, 5) is 4.90. The first kappa shape index (κ1) is 16.8. The van der Waals surface area contributed by atoms with Crippen LogP contribution in [0.15, 0.2) is 22.7 Å². The Balaban J connectivity index is 2.28. The van der Waals surface area contributed by atoms with Gasteiger partial charge in [0.2, 0.25) is 0 Å². The number of halogens is 1. The van der Waals surface area contributed by atoms with E-state index in [9.17, 15) is 0 Å². The summed E-state index contributed by atoms with van der Waals surface area (Å²) in [6, 6.07) is 7.68. The maximum atomic E-state index is 3.63. The summed E-state index contributed by atoms with van der Waals surface area (Å²) in [5, 5.41) is 3.54. The Morgan fingerprint density at radius 1 is 1.38 bits per heavy atom. The maximum absolute atomic E-state index is 3.63. The molecule has 1 saturated heterocycles. The number of hydrogen-bond acceptors (Lipinski definition) is 3. The lowest BCUT2D eigenvalue weighted by Gasteiger charge is -2.26. The van der Waals surface area contributed by atoms with Crippen LogP contribution in [0.5, 0.6) is 0 Å².